The van der Waals surface area contributed by atoms with Crippen LogP contribution < -0.4 is 10.6 Å². The highest BCUT2D eigenvalue weighted by Crippen LogP contribution is 2.33. The van der Waals surface area contributed by atoms with E-state index in [4.69, 9.17) is 4.42 Å². The lowest BCUT2D eigenvalue weighted by atomic mass is 10.1. The van der Waals surface area contributed by atoms with E-state index in [0.29, 0.717) is 22.0 Å². The van der Waals surface area contributed by atoms with Gasteiger partial charge in [-0.2, -0.15) is 0 Å². The summed E-state index contributed by atoms with van der Waals surface area (Å²) < 4.78 is 19.9. The minimum atomic E-state index is -0.254. The van der Waals surface area contributed by atoms with Crippen LogP contribution in [0.1, 0.15) is 29.0 Å². The van der Waals surface area contributed by atoms with Crippen LogP contribution in [0.3, 0.4) is 0 Å². The highest BCUT2D eigenvalue weighted by molar-refractivity contribution is 7.98. The largest absolute Gasteiger partial charge is 0.451 e. The number of piperidine rings is 1. The van der Waals surface area contributed by atoms with Gasteiger partial charge in [0.25, 0.3) is 5.91 Å². The smallest absolute Gasteiger partial charge is 0.287 e. The molecule has 4 nitrogen and oxygen atoms in total. The Morgan fingerprint density at radius 3 is 2.64 bits per heavy atom. The highest BCUT2D eigenvalue weighted by Gasteiger charge is 2.24. The van der Waals surface area contributed by atoms with Crippen LogP contribution in [-0.2, 0) is 5.75 Å². The molecule has 1 aliphatic heterocycles. The maximum atomic E-state index is 14.0. The number of nitrogens with one attached hydrogen (secondary N) is 2. The molecule has 0 unspecified atom stereocenters. The number of fused-ring (bicyclic) bond motifs is 1. The van der Waals surface area contributed by atoms with Gasteiger partial charge in [-0.15, -0.1) is 24.2 Å². The first-order valence-corrected chi connectivity index (χ1v) is 10.1. The lowest BCUT2D eigenvalue weighted by molar-refractivity contribution is 0.0902. The van der Waals surface area contributed by atoms with E-state index in [-0.39, 0.29) is 30.2 Å². The first-order chi connectivity index (χ1) is 13.2. The maximum absolute atomic E-state index is 14.0. The summed E-state index contributed by atoms with van der Waals surface area (Å²) in [6.45, 7) is 1.81. The Balaban J connectivity index is 0.00000225. The van der Waals surface area contributed by atoms with Gasteiger partial charge in [0.2, 0.25) is 0 Å². The van der Waals surface area contributed by atoms with Crippen LogP contribution in [0.15, 0.2) is 57.8 Å². The molecular formula is C21H22ClFN2O2S. The van der Waals surface area contributed by atoms with Gasteiger partial charge in [0.05, 0.1) is 0 Å². The van der Waals surface area contributed by atoms with Gasteiger partial charge in [-0.05, 0) is 44.1 Å². The Morgan fingerprint density at radius 1 is 1.14 bits per heavy atom. The number of amides is 1. The summed E-state index contributed by atoms with van der Waals surface area (Å²) in [4.78, 5) is 13.4. The summed E-state index contributed by atoms with van der Waals surface area (Å²) in [7, 11) is 0. The Hall–Kier alpha value is -2.02. The van der Waals surface area contributed by atoms with Crippen molar-refractivity contribution in [3.8, 4) is 0 Å². The summed E-state index contributed by atoms with van der Waals surface area (Å²) in [6.07, 6.45) is 1.82. The fraction of sp³-hybridized carbons (Fsp3) is 0.286. The quantitative estimate of drug-likeness (QED) is 0.584. The molecule has 1 fully saturated rings. The summed E-state index contributed by atoms with van der Waals surface area (Å²) in [5.41, 5.74) is 1.49. The van der Waals surface area contributed by atoms with Gasteiger partial charge < -0.3 is 15.1 Å². The van der Waals surface area contributed by atoms with Crippen LogP contribution >= 0.6 is 24.2 Å². The van der Waals surface area contributed by atoms with Crippen molar-refractivity contribution in [2.24, 2.45) is 0 Å². The number of thioether (sulfide) groups is 1. The zero-order valence-electron chi connectivity index (χ0n) is 15.2. The van der Waals surface area contributed by atoms with Crippen molar-refractivity contribution in [1.29, 1.82) is 0 Å². The van der Waals surface area contributed by atoms with Crippen molar-refractivity contribution < 1.29 is 13.6 Å². The second-order valence-corrected chi connectivity index (χ2v) is 7.64. The maximum Gasteiger partial charge on any atom is 0.287 e. The molecule has 1 aromatic heterocycles. The molecule has 2 N–H and O–H groups in total. The number of furan rings is 1. The van der Waals surface area contributed by atoms with Crippen LogP contribution in [0.5, 0.6) is 0 Å². The first-order valence-electron chi connectivity index (χ1n) is 9.11. The van der Waals surface area contributed by atoms with E-state index in [9.17, 15) is 9.18 Å². The predicted octanol–water partition coefficient (Wildman–Crippen LogP) is 4.77. The molecule has 0 radical (unpaired) electrons. The zero-order chi connectivity index (χ0) is 18.6. The van der Waals surface area contributed by atoms with E-state index < -0.39 is 0 Å². The third-order valence-electron chi connectivity index (χ3n) is 4.79. The Bertz CT molecular complexity index is 956. The number of hydrogen-bond donors (Lipinski definition) is 2. The van der Waals surface area contributed by atoms with E-state index >= 15 is 0 Å². The number of para-hydroxylation sites is 1. The Kier molecular flexibility index (Phi) is 6.99. The summed E-state index contributed by atoms with van der Waals surface area (Å²) >= 11 is 1.37. The molecule has 1 aliphatic rings. The fourth-order valence-electron chi connectivity index (χ4n) is 3.35. The standard InChI is InChI=1S/C21H21FN2O2S.ClH/c22-17-6-2-4-8-19(17)27-13-16-15-5-1-3-7-18(15)26-20(16)21(25)24-14-9-11-23-12-10-14;/h1-8,14,23H,9-13H2,(H,24,25);1H. The normalized spacial score (nSPS) is 14.6. The minimum absolute atomic E-state index is 0. The van der Waals surface area contributed by atoms with Gasteiger partial charge in [0.1, 0.15) is 11.4 Å². The van der Waals surface area contributed by atoms with Crippen molar-refractivity contribution in [2.45, 2.75) is 29.5 Å². The molecule has 3 aromatic rings. The van der Waals surface area contributed by atoms with Crippen molar-refractivity contribution >= 4 is 41.0 Å². The Morgan fingerprint density at radius 2 is 1.86 bits per heavy atom. The highest BCUT2D eigenvalue weighted by atomic mass is 35.5. The molecule has 0 saturated carbocycles. The molecule has 0 aliphatic carbocycles. The van der Waals surface area contributed by atoms with E-state index in [0.717, 1.165) is 36.9 Å². The molecule has 1 saturated heterocycles. The molecule has 7 heteroatoms. The molecule has 148 valence electrons. The van der Waals surface area contributed by atoms with Crippen LogP contribution in [0.4, 0.5) is 4.39 Å². The summed E-state index contributed by atoms with van der Waals surface area (Å²) in [5, 5.41) is 7.28. The third kappa shape index (κ3) is 4.51. The molecule has 0 atom stereocenters. The number of hydrogen-bond acceptors (Lipinski definition) is 4. The van der Waals surface area contributed by atoms with Gasteiger partial charge in [0.15, 0.2) is 5.76 Å². The molecule has 0 bridgehead atoms. The van der Waals surface area contributed by atoms with Gasteiger partial charge in [-0.1, -0.05) is 30.3 Å². The van der Waals surface area contributed by atoms with Crippen LogP contribution in [0.25, 0.3) is 11.0 Å². The summed E-state index contributed by atoms with van der Waals surface area (Å²) in [5.74, 6) is 0.351. The molecule has 28 heavy (non-hydrogen) atoms. The van der Waals surface area contributed by atoms with Gasteiger partial charge in [0, 0.05) is 27.6 Å². The van der Waals surface area contributed by atoms with Crippen LogP contribution in [0.2, 0.25) is 0 Å². The first kappa shape index (κ1) is 20.7. The molecule has 2 heterocycles. The Labute approximate surface area is 173 Å². The van der Waals surface area contributed by atoms with E-state index in [1.54, 1.807) is 12.1 Å². The average molecular weight is 421 g/mol. The van der Waals surface area contributed by atoms with Gasteiger partial charge >= 0.3 is 0 Å². The molecule has 0 spiro atoms. The lowest BCUT2D eigenvalue weighted by Crippen LogP contribution is -2.42. The lowest BCUT2D eigenvalue weighted by Gasteiger charge is -2.23. The second kappa shape index (κ2) is 9.45. The molecule has 2 aromatic carbocycles. The van der Waals surface area contributed by atoms with Crippen LogP contribution in [0, 0.1) is 5.82 Å². The van der Waals surface area contributed by atoms with Gasteiger partial charge in [-0.3, -0.25) is 4.79 Å². The molecular weight excluding hydrogens is 399 g/mol. The van der Waals surface area contributed by atoms with Crippen molar-refractivity contribution in [1.82, 2.24) is 10.6 Å². The monoisotopic (exact) mass is 420 g/mol. The predicted molar refractivity (Wildman–Crippen MR) is 113 cm³/mol. The molecule has 1 amide bonds. The van der Waals surface area contributed by atoms with Crippen molar-refractivity contribution in [3.05, 3.63) is 65.7 Å². The number of benzene rings is 2. The minimum Gasteiger partial charge on any atom is -0.451 e. The van der Waals surface area contributed by atoms with Crippen molar-refractivity contribution in [2.75, 3.05) is 13.1 Å². The topological polar surface area (TPSA) is 54.3 Å². The van der Waals surface area contributed by atoms with Gasteiger partial charge in [-0.25, -0.2) is 4.39 Å². The number of carbonyl (C=O) groups excluding carboxylic acids is 1. The van der Waals surface area contributed by atoms with E-state index in [2.05, 4.69) is 10.6 Å². The second-order valence-electron chi connectivity index (χ2n) is 6.62. The fourth-order valence-corrected chi connectivity index (χ4v) is 4.32. The number of halogens is 2. The SMILES string of the molecule is Cl.O=C(NC1CCNCC1)c1oc2ccccc2c1CSc1ccccc1F. The van der Waals surface area contributed by atoms with Crippen molar-refractivity contribution in [3.63, 3.8) is 0 Å². The third-order valence-corrected chi connectivity index (χ3v) is 5.86. The number of rotatable bonds is 5. The number of carbonyl (C=O) groups is 1. The van der Waals surface area contributed by atoms with Crippen LogP contribution in [-0.4, -0.2) is 25.0 Å². The van der Waals surface area contributed by atoms with E-state index in [1.807, 2.05) is 30.3 Å². The molecule has 4 rings (SSSR count). The summed E-state index contributed by atoms with van der Waals surface area (Å²) in [6, 6.07) is 14.4. The van der Waals surface area contributed by atoms with E-state index in [1.165, 1.54) is 17.8 Å². The zero-order valence-corrected chi connectivity index (χ0v) is 16.9. The average Bonchev–Trinajstić information content (AvgIpc) is 3.07.